The average Bonchev–Trinajstić information content (AvgIpc) is 2.72. The SMILES string of the molecule is NC(=NCc1ccc(OC(F)(F)F)cc1)NCc1ccc(CN2CCOCC2)cc1. The summed E-state index contributed by atoms with van der Waals surface area (Å²) in [4.78, 5) is 6.57. The topological polar surface area (TPSA) is 72.1 Å². The number of hydrogen-bond donors (Lipinski definition) is 2. The molecule has 0 saturated carbocycles. The van der Waals surface area contributed by atoms with Crippen LogP contribution in [0.5, 0.6) is 5.75 Å². The van der Waals surface area contributed by atoms with Gasteiger partial charge in [-0.05, 0) is 28.8 Å². The van der Waals surface area contributed by atoms with E-state index in [4.69, 9.17) is 10.5 Å². The third kappa shape index (κ3) is 7.57. The van der Waals surface area contributed by atoms with Crippen LogP contribution >= 0.6 is 0 Å². The first-order valence-electron chi connectivity index (χ1n) is 9.64. The predicted octanol–water partition coefficient (Wildman–Crippen LogP) is 3.02. The van der Waals surface area contributed by atoms with E-state index in [1.165, 1.54) is 29.8 Å². The molecule has 0 radical (unpaired) electrons. The van der Waals surface area contributed by atoms with E-state index in [1.54, 1.807) is 0 Å². The van der Waals surface area contributed by atoms with Crippen LogP contribution in [0.3, 0.4) is 0 Å². The Morgan fingerprint density at radius 2 is 1.60 bits per heavy atom. The van der Waals surface area contributed by atoms with E-state index in [-0.39, 0.29) is 18.3 Å². The largest absolute Gasteiger partial charge is 0.573 e. The van der Waals surface area contributed by atoms with E-state index in [9.17, 15) is 13.2 Å². The molecule has 9 heteroatoms. The summed E-state index contributed by atoms with van der Waals surface area (Å²) in [5.74, 6) is 0.00130. The lowest BCUT2D eigenvalue weighted by Crippen LogP contribution is -2.35. The second-order valence-corrected chi connectivity index (χ2v) is 6.95. The van der Waals surface area contributed by atoms with E-state index in [2.05, 4.69) is 44.2 Å². The Morgan fingerprint density at radius 3 is 2.23 bits per heavy atom. The molecule has 0 aliphatic carbocycles. The van der Waals surface area contributed by atoms with Gasteiger partial charge in [-0.1, -0.05) is 36.4 Å². The number of ether oxygens (including phenoxy) is 2. The van der Waals surface area contributed by atoms with Crippen molar-refractivity contribution in [3.05, 3.63) is 65.2 Å². The number of guanidine groups is 1. The maximum Gasteiger partial charge on any atom is 0.573 e. The number of aliphatic imine (C=N–C) groups is 1. The van der Waals surface area contributed by atoms with Crippen molar-refractivity contribution >= 4 is 5.96 Å². The minimum Gasteiger partial charge on any atom is -0.406 e. The lowest BCUT2D eigenvalue weighted by molar-refractivity contribution is -0.274. The minimum atomic E-state index is -4.70. The minimum absolute atomic E-state index is 0.254. The first-order valence-corrected chi connectivity index (χ1v) is 9.64. The fourth-order valence-corrected chi connectivity index (χ4v) is 3.00. The third-order valence-electron chi connectivity index (χ3n) is 4.60. The van der Waals surface area contributed by atoms with Gasteiger partial charge in [0.25, 0.3) is 0 Å². The van der Waals surface area contributed by atoms with Crippen molar-refractivity contribution in [2.24, 2.45) is 10.7 Å². The molecule has 0 amide bonds. The van der Waals surface area contributed by atoms with Gasteiger partial charge in [0.05, 0.1) is 19.8 Å². The highest BCUT2D eigenvalue weighted by Crippen LogP contribution is 2.22. The van der Waals surface area contributed by atoms with E-state index in [0.717, 1.165) is 44.0 Å². The number of morpholine rings is 1. The molecular weight excluding hydrogens is 397 g/mol. The van der Waals surface area contributed by atoms with Gasteiger partial charge in [0.15, 0.2) is 5.96 Å². The second kappa shape index (κ2) is 10.3. The smallest absolute Gasteiger partial charge is 0.406 e. The van der Waals surface area contributed by atoms with E-state index >= 15 is 0 Å². The normalized spacial score (nSPS) is 15.8. The lowest BCUT2D eigenvalue weighted by Gasteiger charge is -2.26. The summed E-state index contributed by atoms with van der Waals surface area (Å²) in [6.07, 6.45) is -4.70. The fourth-order valence-electron chi connectivity index (χ4n) is 3.00. The van der Waals surface area contributed by atoms with Crippen molar-refractivity contribution in [1.29, 1.82) is 0 Å². The first kappa shape index (κ1) is 21.9. The quantitative estimate of drug-likeness (QED) is 0.530. The number of rotatable bonds is 7. The zero-order valence-corrected chi connectivity index (χ0v) is 16.5. The molecule has 6 nitrogen and oxygen atoms in total. The molecule has 0 bridgehead atoms. The van der Waals surface area contributed by atoms with Crippen LogP contribution in [0.4, 0.5) is 13.2 Å². The molecule has 0 atom stereocenters. The standard InChI is InChI=1S/C21H25F3N4O2/c22-21(23,24)30-19-7-5-17(6-8-19)14-27-20(25)26-13-16-1-3-18(4-2-16)15-28-9-11-29-12-10-28/h1-8H,9-15H2,(H3,25,26,27). The van der Waals surface area contributed by atoms with Crippen LogP contribution < -0.4 is 15.8 Å². The van der Waals surface area contributed by atoms with E-state index in [0.29, 0.717) is 6.54 Å². The van der Waals surface area contributed by atoms with Crippen LogP contribution in [0, 0.1) is 0 Å². The monoisotopic (exact) mass is 422 g/mol. The van der Waals surface area contributed by atoms with Gasteiger partial charge in [-0.2, -0.15) is 0 Å². The van der Waals surface area contributed by atoms with Gasteiger partial charge in [-0.15, -0.1) is 13.2 Å². The molecule has 1 fully saturated rings. The molecule has 1 heterocycles. The highest BCUT2D eigenvalue weighted by Gasteiger charge is 2.30. The maximum absolute atomic E-state index is 12.2. The Labute approximate surface area is 173 Å². The number of nitrogens with zero attached hydrogens (tertiary/aromatic N) is 2. The molecule has 0 spiro atoms. The summed E-state index contributed by atoms with van der Waals surface area (Å²) in [6.45, 7) is 5.17. The number of benzene rings is 2. The van der Waals surface area contributed by atoms with Crippen LogP contribution in [-0.4, -0.2) is 43.5 Å². The molecule has 0 unspecified atom stereocenters. The van der Waals surface area contributed by atoms with Crippen LogP contribution in [0.2, 0.25) is 0 Å². The number of nitrogens with one attached hydrogen (secondary N) is 1. The van der Waals surface area contributed by atoms with Gasteiger partial charge in [-0.3, -0.25) is 4.90 Å². The highest BCUT2D eigenvalue weighted by atomic mass is 19.4. The van der Waals surface area contributed by atoms with Gasteiger partial charge < -0.3 is 20.5 Å². The van der Waals surface area contributed by atoms with Gasteiger partial charge in [0.1, 0.15) is 5.75 Å². The van der Waals surface area contributed by atoms with Crippen molar-refractivity contribution in [2.45, 2.75) is 26.0 Å². The molecule has 1 aliphatic rings. The van der Waals surface area contributed by atoms with Crippen LogP contribution in [-0.2, 0) is 24.4 Å². The number of alkyl halides is 3. The number of hydrogen-bond acceptors (Lipinski definition) is 4. The lowest BCUT2D eigenvalue weighted by atomic mass is 10.1. The van der Waals surface area contributed by atoms with Gasteiger partial charge in [-0.25, -0.2) is 4.99 Å². The highest BCUT2D eigenvalue weighted by molar-refractivity contribution is 5.77. The summed E-state index contributed by atoms with van der Waals surface area (Å²) in [5, 5.41) is 3.04. The summed E-state index contributed by atoms with van der Waals surface area (Å²) in [5.41, 5.74) is 8.93. The summed E-state index contributed by atoms with van der Waals surface area (Å²) in [6, 6.07) is 13.8. The van der Waals surface area contributed by atoms with E-state index in [1.807, 2.05) is 0 Å². The van der Waals surface area contributed by atoms with Crippen LogP contribution in [0.25, 0.3) is 0 Å². The van der Waals surface area contributed by atoms with Gasteiger partial charge in [0.2, 0.25) is 0 Å². The van der Waals surface area contributed by atoms with Crippen molar-refractivity contribution in [3.8, 4) is 5.75 Å². The first-order chi connectivity index (χ1) is 14.4. The Hall–Kier alpha value is -2.78. The molecule has 0 aromatic heterocycles. The molecule has 2 aromatic carbocycles. The zero-order chi connectivity index (χ0) is 21.4. The van der Waals surface area contributed by atoms with Crippen molar-refractivity contribution < 1.29 is 22.6 Å². The summed E-state index contributed by atoms with van der Waals surface area (Å²) >= 11 is 0. The molecule has 1 saturated heterocycles. The molecule has 2 aromatic rings. The van der Waals surface area contributed by atoms with Crippen LogP contribution in [0.15, 0.2) is 53.5 Å². The predicted molar refractivity (Wildman–Crippen MR) is 108 cm³/mol. The molecule has 30 heavy (non-hydrogen) atoms. The Balaban J connectivity index is 1.43. The van der Waals surface area contributed by atoms with Gasteiger partial charge >= 0.3 is 6.36 Å². The van der Waals surface area contributed by atoms with Crippen molar-refractivity contribution in [2.75, 3.05) is 26.3 Å². The molecule has 1 aliphatic heterocycles. The average molecular weight is 422 g/mol. The van der Waals surface area contributed by atoms with Crippen molar-refractivity contribution in [3.63, 3.8) is 0 Å². The second-order valence-electron chi connectivity index (χ2n) is 6.95. The Bertz CT molecular complexity index is 818. The van der Waals surface area contributed by atoms with E-state index < -0.39 is 6.36 Å². The Kier molecular flexibility index (Phi) is 7.53. The molecule has 3 rings (SSSR count). The Morgan fingerprint density at radius 1 is 1.00 bits per heavy atom. The van der Waals surface area contributed by atoms with Crippen LogP contribution in [0.1, 0.15) is 16.7 Å². The number of halogens is 3. The number of nitrogens with two attached hydrogens (primary N) is 1. The summed E-state index contributed by atoms with van der Waals surface area (Å²) in [7, 11) is 0. The molecular formula is C21H25F3N4O2. The third-order valence-corrected chi connectivity index (χ3v) is 4.60. The molecule has 162 valence electrons. The zero-order valence-electron chi connectivity index (χ0n) is 16.5. The molecule has 3 N–H and O–H groups in total. The fraction of sp³-hybridized carbons (Fsp3) is 0.381. The maximum atomic E-state index is 12.2. The van der Waals surface area contributed by atoms with Crippen molar-refractivity contribution in [1.82, 2.24) is 10.2 Å². The summed E-state index contributed by atoms with van der Waals surface area (Å²) < 4.78 is 45.7. The van der Waals surface area contributed by atoms with Gasteiger partial charge in [0, 0.05) is 26.2 Å².